The number of carbonyl (C=O) groups is 1. The van der Waals surface area contributed by atoms with E-state index in [0.29, 0.717) is 13.0 Å². The van der Waals surface area contributed by atoms with Crippen molar-refractivity contribution in [1.29, 1.82) is 0 Å². The van der Waals surface area contributed by atoms with Gasteiger partial charge in [-0.3, -0.25) is 4.79 Å². The summed E-state index contributed by atoms with van der Waals surface area (Å²) >= 11 is 0. The quantitative estimate of drug-likeness (QED) is 0.0172. The van der Waals surface area contributed by atoms with Crippen molar-refractivity contribution in [2.75, 3.05) is 33.0 Å². The Bertz CT molecular complexity index is 1360. The van der Waals surface area contributed by atoms with E-state index in [2.05, 4.69) is 62.5 Å². The van der Waals surface area contributed by atoms with Crippen LogP contribution in [0.15, 0.2) is 48.6 Å². The van der Waals surface area contributed by atoms with Crippen molar-refractivity contribution < 1.29 is 69.0 Å². The fraction of sp³-hybridized carbons (Fsp3) is 0.842. The Morgan fingerprint density at radius 2 is 0.873 bits per heavy atom. The molecule has 0 aromatic rings. The standard InChI is InChI=1S/C57H102O14/c1-3-5-7-9-11-13-15-17-19-21-22-23-25-27-29-31-33-35-37-39-41-66-43-46(69-49(59)40-38-36-34-32-30-28-26-24-20-18-16-14-12-10-8-6-4-2)44-67-56-55(65)53(63)51(61)48(71-56)45-68-57-54(64)52(62)50(60)47(42-58)70-57/h11,13,17-20,22-23,46-48,50-58,60-65H,3-10,12,14-16,21,24-45H2,1-2H3/b13-11-,19-17-,20-18-,23-22-. The number of carbonyl (C=O) groups excluding carboxylic acids is 1. The third-order valence-electron chi connectivity index (χ3n) is 13.3. The summed E-state index contributed by atoms with van der Waals surface area (Å²) in [6, 6.07) is 0. The molecule has 414 valence electrons. The highest BCUT2D eigenvalue weighted by Crippen LogP contribution is 2.26. The van der Waals surface area contributed by atoms with E-state index in [1.807, 2.05) is 0 Å². The molecular weight excluding hydrogens is 909 g/mol. The summed E-state index contributed by atoms with van der Waals surface area (Å²) in [6.07, 6.45) is 35.9. The second-order valence-corrected chi connectivity index (χ2v) is 19.8. The molecule has 2 aliphatic rings. The van der Waals surface area contributed by atoms with Crippen molar-refractivity contribution in [1.82, 2.24) is 0 Å². The molecule has 71 heavy (non-hydrogen) atoms. The van der Waals surface area contributed by atoms with Gasteiger partial charge in [-0.25, -0.2) is 0 Å². The zero-order valence-corrected chi connectivity index (χ0v) is 44.2. The molecule has 7 N–H and O–H groups in total. The molecule has 0 saturated carbocycles. The third kappa shape index (κ3) is 31.4. The molecule has 0 radical (unpaired) electrons. The van der Waals surface area contributed by atoms with Crippen LogP contribution >= 0.6 is 0 Å². The lowest BCUT2D eigenvalue weighted by atomic mass is 9.98. The van der Waals surface area contributed by atoms with Gasteiger partial charge in [-0.1, -0.05) is 172 Å². The summed E-state index contributed by atoms with van der Waals surface area (Å²) < 4.78 is 34.4. The van der Waals surface area contributed by atoms with Crippen LogP contribution in [-0.4, -0.2) is 142 Å². The fourth-order valence-electron chi connectivity index (χ4n) is 8.70. The van der Waals surface area contributed by atoms with Gasteiger partial charge in [-0.2, -0.15) is 0 Å². The number of hydrogen-bond donors (Lipinski definition) is 7. The van der Waals surface area contributed by atoms with E-state index in [1.54, 1.807) is 0 Å². The van der Waals surface area contributed by atoms with Gasteiger partial charge in [0.05, 0.1) is 26.4 Å². The van der Waals surface area contributed by atoms with Crippen LogP contribution in [0, 0.1) is 0 Å². The highest BCUT2D eigenvalue weighted by Gasteiger charge is 2.47. The molecule has 0 aromatic carbocycles. The molecule has 2 fully saturated rings. The van der Waals surface area contributed by atoms with Crippen molar-refractivity contribution in [3.05, 3.63) is 48.6 Å². The minimum absolute atomic E-state index is 0.0527. The zero-order chi connectivity index (χ0) is 51.6. The molecular formula is C57H102O14. The Morgan fingerprint density at radius 1 is 0.465 bits per heavy atom. The molecule has 2 aliphatic heterocycles. The van der Waals surface area contributed by atoms with Crippen LogP contribution in [0.1, 0.15) is 206 Å². The summed E-state index contributed by atoms with van der Waals surface area (Å²) in [5.41, 5.74) is 0. The molecule has 0 spiro atoms. The number of ether oxygens (including phenoxy) is 6. The fourth-order valence-corrected chi connectivity index (χ4v) is 8.70. The number of aliphatic hydroxyl groups excluding tert-OH is 7. The summed E-state index contributed by atoms with van der Waals surface area (Å²) in [4.78, 5) is 13.1. The first kappa shape index (κ1) is 65.1. The van der Waals surface area contributed by atoms with Gasteiger partial charge in [0.25, 0.3) is 0 Å². The van der Waals surface area contributed by atoms with E-state index in [0.717, 1.165) is 64.2 Å². The number of rotatable bonds is 45. The molecule has 2 saturated heterocycles. The van der Waals surface area contributed by atoms with Gasteiger partial charge in [0.2, 0.25) is 0 Å². The largest absolute Gasteiger partial charge is 0.457 e. The van der Waals surface area contributed by atoms with Crippen molar-refractivity contribution in [2.24, 2.45) is 0 Å². The van der Waals surface area contributed by atoms with Crippen LogP contribution in [0.5, 0.6) is 0 Å². The van der Waals surface area contributed by atoms with Gasteiger partial charge in [-0.15, -0.1) is 0 Å². The van der Waals surface area contributed by atoms with Crippen LogP contribution in [0.25, 0.3) is 0 Å². The maximum atomic E-state index is 13.1. The number of allylic oxidation sites excluding steroid dienone is 8. The molecule has 0 aliphatic carbocycles. The van der Waals surface area contributed by atoms with Crippen molar-refractivity contribution in [3.8, 4) is 0 Å². The Balaban J connectivity index is 1.74. The Morgan fingerprint density at radius 3 is 1.41 bits per heavy atom. The van der Waals surface area contributed by atoms with Crippen LogP contribution in [0.4, 0.5) is 0 Å². The number of unbranched alkanes of at least 4 members (excludes halogenated alkanes) is 23. The number of esters is 1. The molecule has 14 nitrogen and oxygen atoms in total. The van der Waals surface area contributed by atoms with Crippen LogP contribution in [0.3, 0.4) is 0 Å². The second kappa shape index (κ2) is 44.3. The number of aliphatic hydroxyl groups is 7. The molecule has 11 unspecified atom stereocenters. The monoisotopic (exact) mass is 1010 g/mol. The predicted molar refractivity (Wildman–Crippen MR) is 279 cm³/mol. The first-order valence-electron chi connectivity index (χ1n) is 28.2. The number of hydrogen-bond acceptors (Lipinski definition) is 14. The molecule has 2 rings (SSSR count). The van der Waals surface area contributed by atoms with Gasteiger partial charge >= 0.3 is 5.97 Å². The van der Waals surface area contributed by atoms with Crippen LogP contribution in [-0.2, 0) is 33.2 Å². The summed E-state index contributed by atoms with van der Waals surface area (Å²) in [5, 5.41) is 72.3. The molecule has 0 aromatic heterocycles. The molecule has 11 atom stereocenters. The highest BCUT2D eigenvalue weighted by molar-refractivity contribution is 5.69. The topological polar surface area (TPSA) is 214 Å². The Kier molecular flexibility index (Phi) is 40.6. The highest BCUT2D eigenvalue weighted by atomic mass is 16.7. The van der Waals surface area contributed by atoms with Gasteiger partial charge < -0.3 is 64.2 Å². The first-order valence-corrected chi connectivity index (χ1v) is 28.2. The van der Waals surface area contributed by atoms with Gasteiger partial charge in [0.1, 0.15) is 54.9 Å². The van der Waals surface area contributed by atoms with E-state index >= 15 is 0 Å². The van der Waals surface area contributed by atoms with Gasteiger partial charge in [0, 0.05) is 13.0 Å². The SMILES string of the molecule is CCCCC/C=C\C/C=C\C/C=C\CCCCCCCCCOCC(COC1OC(COC2OC(CO)C(O)C(O)C2O)C(O)C(O)C1O)OC(=O)CCCCCCCCC/C=C\CCCCCCCC. The van der Waals surface area contributed by atoms with Crippen molar-refractivity contribution in [2.45, 2.75) is 274 Å². The average molecular weight is 1010 g/mol. The van der Waals surface area contributed by atoms with E-state index in [-0.39, 0.29) is 25.6 Å². The third-order valence-corrected chi connectivity index (χ3v) is 13.3. The van der Waals surface area contributed by atoms with Crippen molar-refractivity contribution in [3.63, 3.8) is 0 Å². The molecule has 0 bridgehead atoms. The van der Waals surface area contributed by atoms with Crippen molar-refractivity contribution >= 4 is 5.97 Å². The lowest BCUT2D eigenvalue weighted by Gasteiger charge is -2.42. The lowest BCUT2D eigenvalue weighted by Crippen LogP contribution is -2.61. The smallest absolute Gasteiger partial charge is 0.306 e. The van der Waals surface area contributed by atoms with Crippen LogP contribution in [0.2, 0.25) is 0 Å². The minimum atomic E-state index is -1.71. The van der Waals surface area contributed by atoms with E-state index in [1.165, 1.54) is 116 Å². The van der Waals surface area contributed by atoms with E-state index < -0.39 is 80.7 Å². The Hall–Kier alpha value is -2.05. The normalized spacial score (nSPS) is 25.6. The van der Waals surface area contributed by atoms with Crippen LogP contribution < -0.4 is 0 Å². The van der Waals surface area contributed by atoms with E-state index in [4.69, 9.17) is 28.4 Å². The predicted octanol–water partition coefficient (Wildman–Crippen LogP) is 9.52. The van der Waals surface area contributed by atoms with Gasteiger partial charge in [-0.05, 0) is 77.0 Å². The first-order chi connectivity index (χ1) is 34.6. The maximum absolute atomic E-state index is 13.1. The Labute approximate surface area is 429 Å². The molecule has 2 heterocycles. The second-order valence-electron chi connectivity index (χ2n) is 19.8. The van der Waals surface area contributed by atoms with Gasteiger partial charge in [0.15, 0.2) is 12.6 Å². The molecule has 14 heteroatoms. The summed E-state index contributed by atoms with van der Waals surface area (Å²) in [7, 11) is 0. The maximum Gasteiger partial charge on any atom is 0.306 e. The summed E-state index contributed by atoms with van der Waals surface area (Å²) in [6.45, 7) is 3.64. The molecule has 0 amide bonds. The minimum Gasteiger partial charge on any atom is -0.457 e. The average Bonchev–Trinajstić information content (AvgIpc) is 3.37. The zero-order valence-electron chi connectivity index (χ0n) is 44.2. The lowest BCUT2D eigenvalue weighted by molar-refractivity contribution is -0.332. The van der Waals surface area contributed by atoms with E-state index in [9.17, 15) is 40.5 Å². The summed E-state index contributed by atoms with van der Waals surface area (Å²) in [5.74, 6) is -0.384.